The van der Waals surface area contributed by atoms with Crippen LogP contribution < -0.4 is 20.0 Å². The molecule has 1 N–H and O–H groups in total. The molecule has 1 saturated heterocycles. The number of nitrogens with zero attached hydrogens (tertiary/aromatic N) is 5. The molecule has 2 aliphatic rings. The van der Waals surface area contributed by atoms with Gasteiger partial charge in [0.05, 0.1) is 17.4 Å². The molecule has 7 nitrogen and oxygen atoms in total. The highest BCUT2D eigenvalue weighted by Gasteiger charge is 2.38. The highest BCUT2D eigenvalue weighted by molar-refractivity contribution is 6.04. The number of amides is 2. The summed E-state index contributed by atoms with van der Waals surface area (Å²) in [5.41, 5.74) is 4.02. The number of aromatic nitrogens is 2. The van der Waals surface area contributed by atoms with E-state index in [4.69, 9.17) is 4.98 Å². The van der Waals surface area contributed by atoms with Gasteiger partial charge in [0, 0.05) is 44.6 Å². The lowest BCUT2D eigenvalue weighted by molar-refractivity contribution is 0.252. The number of benzene rings is 1. The Morgan fingerprint density at radius 1 is 1.13 bits per heavy atom. The second kappa shape index (κ2) is 7.91. The maximum Gasteiger partial charge on any atom is 0.329 e. The van der Waals surface area contributed by atoms with Crippen LogP contribution in [0.25, 0.3) is 11.3 Å². The molecular weight excluding hydrogens is 388 g/mol. The summed E-state index contributed by atoms with van der Waals surface area (Å²) >= 11 is 0. The van der Waals surface area contributed by atoms with Crippen molar-refractivity contribution in [3.05, 3.63) is 60.8 Å². The van der Waals surface area contributed by atoms with Gasteiger partial charge in [-0.15, -0.1) is 0 Å². The van der Waals surface area contributed by atoms with E-state index in [0.717, 1.165) is 54.4 Å². The lowest BCUT2D eigenvalue weighted by Gasteiger charge is -2.45. The van der Waals surface area contributed by atoms with Gasteiger partial charge in [0.15, 0.2) is 5.82 Å². The Balaban J connectivity index is 1.55. The number of rotatable bonds is 3. The average molecular weight is 415 g/mol. The molecule has 0 saturated carbocycles. The molecule has 2 aliphatic heterocycles. The van der Waals surface area contributed by atoms with Gasteiger partial charge in [-0.05, 0) is 49.2 Å². The highest BCUT2D eigenvalue weighted by Crippen LogP contribution is 2.39. The zero-order valence-corrected chi connectivity index (χ0v) is 17.8. The lowest BCUT2D eigenvalue weighted by Crippen LogP contribution is -2.56. The van der Waals surface area contributed by atoms with Gasteiger partial charge in [-0.1, -0.05) is 18.2 Å². The SMILES string of the molecule is CN(C)c1cccc(-c2ccc3c(n2)N(C(=O)Nc2ccccn2)C2CCCN3C2)c1. The number of nitrogens with one attached hydrogen (secondary N) is 1. The molecule has 0 aliphatic carbocycles. The summed E-state index contributed by atoms with van der Waals surface area (Å²) in [5.74, 6) is 1.26. The molecule has 1 unspecified atom stereocenters. The number of pyridine rings is 2. The fraction of sp³-hybridized carbons (Fsp3) is 0.292. The fourth-order valence-corrected chi connectivity index (χ4v) is 4.40. The monoisotopic (exact) mass is 414 g/mol. The van der Waals surface area contributed by atoms with E-state index in [-0.39, 0.29) is 12.1 Å². The van der Waals surface area contributed by atoms with E-state index in [9.17, 15) is 4.79 Å². The quantitative estimate of drug-likeness (QED) is 0.695. The Morgan fingerprint density at radius 2 is 2.03 bits per heavy atom. The van der Waals surface area contributed by atoms with Crippen LogP contribution in [0.2, 0.25) is 0 Å². The fourth-order valence-electron chi connectivity index (χ4n) is 4.40. The Bertz CT molecular complexity index is 1100. The molecule has 0 radical (unpaired) electrons. The third kappa shape index (κ3) is 3.67. The van der Waals surface area contributed by atoms with Crippen LogP contribution >= 0.6 is 0 Å². The van der Waals surface area contributed by atoms with Crippen molar-refractivity contribution in [2.75, 3.05) is 47.2 Å². The summed E-state index contributed by atoms with van der Waals surface area (Å²) in [6.07, 6.45) is 3.70. The van der Waals surface area contributed by atoms with Crippen LogP contribution in [0.5, 0.6) is 0 Å². The molecule has 1 fully saturated rings. The molecule has 2 amide bonds. The average Bonchev–Trinajstić information content (AvgIpc) is 2.80. The molecule has 7 heteroatoms. The van der Waals surface area contributed by atoms with Crippen LogP contribution in [0.4, 0.5) is 27.8 Å². The summed E-state index contributed by atoms with van der Waals surface area (Å²) in [5, 5.41) is 2.95. The molecule has 5 rings (SSSR count). The van der Waals surface area contributed by atoms with E-state index in [1.165, 1.54) is 0 Å². The maximum absolute atomic E-state index is 13.3. The number of carbonyl (C=O) groups excluding carboxylic acids is 1. The van der Waals surface area contributed by atoms with E-state index in [2.05, 4.69) is 50.4 Å². The van der Waals surface area contributed by atoms with Crippen molar-refractivity contribution in [2.24, 2.45) is 0 Å². The molecule has 2 bridgehead atoms. The van der Waals surface area contributed by atoms with Crippen LogP contribution in [0.1, 0.15) is 12.8 Å². The number of carbonyl (C=O) groups is 1. The molecule has 1 atom stereocenters. The van der Waals surface area contributed by atoms with Crippen molar-refractivity contribution in [2.45, 2.75) is 18.9 Å². The van der Waals surface area contributed by atoms with Gasteiger partial charge in [0.1, 0.15) is 5.82 Å². The number of hydrogen-bond donors (Lipinski definition) is 1. The third-order valence-corrected chi connectivity index (χ3v) is 5.96. The number of piperidine rings is 1. The first kappa shape index (κ1) is 19.4. The van der Waals surface area contributed by atoms with Gasteiger partial charge in [-0.25, -0.2) is 14.8 Å². The van der Waals surface area contributed by atoms with Crippen molar-refractivity contribution in [3.63, 3.8) is 0 Å². The third-order valence-electron chi connectivity index (χ3n) is 5.96. The number of anilines is 4. The van der Waals surface area contributed by atoms with Gasteiger partial charge in [-0.3, -0.25) is 10.2 Å². The number of hydrogen-bond acceptors (Lipinski definition) is 5. The zero-order valence-electron chi connectivity index (χ0n) is 17.8. The van der Waals surface area contributed by atoms with Gasteiger partial charge >= 0.3 is 6.03 Å². The summed E-state index contributed by atoms with van der Waals surface area (Å²) in [6, 6.07) is 17.9. The summed E-state index contributed by atoms with van der Waals surface area (Å²) in [4.78, 5) is 28.8. The molecule has 0 spiro atoms. The van der Waals surface area contributed by atoms with Gasteiger partial charge < -0.3 is 9.80 Å². The smallest absolute Gasteiger partial charge is 0.329 e. The van der Waals surface area contributed by atoms with Crippen molar-refractivity contribution < 1.29 is 4.79 Å². The number of urea groups is 1. The molecule has 2 aromatic heterocycles. The molecular formula is C24H26N6O. The second-order valence-electron chi connectivity index (χ2n) is 8.24. The Labute approximate surface area is 182 Å². The first-order chi connectivity index (χ1) is 15.1. The zero-order chi connectivity index (χ0) is 21.4. The Hall–Kier alpha value is -3.61. The minimum atomic E-state index is -0.182. The van der Waals surface area contributed by atoms with Gasteiger partial charge in [0.25, 0.3) is 0 Å². The molecule has 158 valence electrons. The molecule has 3 aromatic rings. The van der Waals surface area contributed by atoms with E-state index >= 15 is 0 Å². The number of fused-ring (bicyclic) bond motifs is 4. The second-order valence-corrected chi connectivity index (χ2v) is 8.24. The predicted molar refractivity (Wildman–Crippen MR) is 125 cm³/mol. The van der Waals surface area contributed by atoms with Crippen LogP contribution in [0.15, 0.2) is 60.8 Å². The first-order valence-corrected chi connectivity index (χ1v) is 10.6. The van der Waals surface area contributed by atoms with Crippen molar-refractivity contribution in [1.82, 2.24) is 9.97 Å². The Morgan fingerprint density at radius 3 is 2.84 bits per heavy atom. The van der Waals surface area contributed by atoms with Crippen LogP contribution in [-0.4, -0.2) is 49.2 Å². The molecule has 31 heavy (non-hydrogen) atoms. The highest BCUT2D eigenvalue weighted by atomic mass is 16.2. The Kier molecular flexibility index (Phi) is 4.94. The van der Waals surface area contributed by atoms with Gasteiger partial charge in [0.2, 0.25) is 0 Å². The van der Waals surface area contributed by atoms with E-state index in [0.29, 0.717) is 5.82 Å². The maximum atomic E-state index is 13.3. The van der Waals surface area contributed by atoms with Crippen molar-refractivity contribution in [3.8, 4) is 11.3 Å². The van der Waals surface area contributed by atoms with Crippen LogP contribution in [0, 0.1) is 0 Å². The van der Waals surface area contributed by atoms with E-state index < -0.39 is 0 Å². The summed E-state index contributed by atoms with van der Waals surface area (Å²) in [6.45, 7) is 1.83. The summed E-state index contributed by atoms with van der Waals surface area (Å²) < 4.78 is 0. The normalized spacial score (nSPS) is 17.2. The van der Waals surface area contributed by atoms with Crippen LogP contribution in [-0.2, 0) is 0 Å². The van der Waals surface area contributed by atoms with E-state index in [1.54, 1.807) is 12.3 Å². The minimum Gasteiger partial charge on any atom is -0.378 e. The predicted octanol–water partition coefficient (Wildman–Crippen LogP) is 4.23. The summed E-state index contributed by atoms with van der Waals surface area (Å²) in [7, 11) is 4.05. The van der Waals surface area contributed by atoms with Crippen LogP contribution in [0.3, 0.4) is 0 Å². The van der Waals surface area contributed by atoms with Gasteiger partial charge in [-0.2, -0.15) is 0 Å². The lowest BCUT2D eigenvalue weighted by atomic mass is 9.99. The molecule has 4 heterocycles. The topological polar surface area (TPSA) is 64.6 Å². The van der Waals surface area contributed by atoms with E-state index in [1.807, 2.05) is 37.2 Å². The first-order valence-electron chi connectivity index (χ1n) is 10.6. The van der Waals surface area contributed by atoms with Crippen molar-refractivity contribution >= 4 is 29.0 Å². The van der Waals surface area contributed by atoms with Crippen molar-refractivity contribution in [1.29, 1.82) is 0 Å². The largest absolute Gasteiger partial charge is 0.378 e. The minimum absolute atomic E-state index is 0.0980. The molecule has 1 aromatic carbocycles. The standard InChI is InChI=1S/C24H26N6O/c1-28(2)18-8-5-7-17(15-18)20-11-12-21-23(26-20)30(19-9-6-14-29(21)16-19)24(31)27-22-10-3-4-13-25-22/h3-5,7-8,10-13,15,19H,6,9,14,16H2,1-2H3,(H,25,27,31).